The lowest BCUT2D eigenvalue weighted by Gasteiger charge is -2.24. The second kappa shape index (κ2) is 10.0. The number of aliphatic hydroxyl groups is 1. The Morgan fingerprint density at radius 2 is 2.24 bits per heavy atom. The van der Waals surface area contributed by atoms with E-state index in [-0.39, 0.29) is 42.9 Å². The Morgan fingerprint density at radius 1 is 1.48 bits per heavy atom. The van der Waals surface area contributed by atoms with Crippen molar-refractivity contribution in [3.8, 4) is 0 Å². The molecule has 1 unspecified atom stereocenters. The summed E-state index contributed by atoms with van der Waals surface area (Å²) in [5, 5.41) is 20.3. The van der Waals surface area contributed by atoms with E-state index in [2.05, 4.69) is 20.6 Å². The van der Waals surface area contributed by atoms with Crippen LogP contribution >= 0.6 is 35.3 Å². The number of hydrogen-bond donors (Lipinski definition) is 3. The minimum atomic E-state index is -2.65. The second-order valence-electron chi connectivity index (χ2n) is 5.36. The molecule has 0 saturated carbocycles. The number of aromatic nitrogens is 2. The van der Waals surface area contributed by atoms with Crippen LogP contribution in [0, 0.1) is 0 Å². The first-order valence-corrected chi connectivity index (χ1v) is 8.45. The number of halogens is 3. The van der Waals surface area contributed by atoms with Crippen LogP contribution in [0.3, 0.4) is 0 Å². The topological polar surface area (TPSA) is 74.5 Å². The van der Waals surface area contributed by atoms with E-state index < -0.39 is 12.2 Å². The van der Waals surface area contributed by atoms with Crippen molar-refractivity contribution in [2.45, 2.75) is 32.5 Å². The van der Waals surface area contributed by atoms with Gasteiger partial charge in [-0.2, -0.15) is 20.1 Å². The molecule has 0 spiro atoms. The van der Waals surface area contributed by atoms with E-state index in [0.29, 0.717) is 12.5 Å². The summed E-state index contributed by atoms with van der Waals surface area (Å²) >= 11 is 1.51. The second-order valence-corrected chi connectivity index (χ2v) is 6.14. The smallest absolute Gasteiger partial charge is 0.319 e. The Labute approximate surface area is 166 Å². The largest absolute Gasteiger partial charge is 0.384 e. The van der Waals surface area contributed by atoms with Crippen molar-refractivity contribution in [3.05, 3.63) is 40.6 Å². The molecule has 2 rings (SSSR count). The van der Waals surface area contributed by atoms with Gasteiger partial charge >= 0.3 is 6.55 Å². The number of nitrogens with one attached hydrogen (secondary N) is 2. The van der Waals surface area contributed by atoms with Crippen LogP contribution in [0.25, 0.3) is 0 Å². The monoisotopic (exact) mass is 485 g/mol. The van der Waals surface area contributed by atoms with Crippen LogP contribution in [0.15, 0.2) is 34.2 Å². The summed E-state index contributed by atoms with van der Waals surface area (Å²) in [5.41, 5.74) is -0.249. The highest BCUT2D eigenvalue weighted by atomic mass is 127. The van der Waals surface area contributed by atoms with Crippen LogP contribution < -0.4 is 10.6 Å². The van der Waals surface area contributed by atoms with Gasteiger partial charge in [0, 0.05) is 18.9 Å². The van der Waals surface area contributed by atoms with Gasteiger partial charge in [-0.3, -0.25) is 4.57 Å². The Bertz CT molecular complexity index is 661. The molecular formula is C15H22F2IN5OS. The Morgan fingerprint density at radius 3 is 2.84 bits per heavy atom. The average molecular weight is 485 g/mol. The zero-order chi connectivity index (χ0) is 17.6. The average Bonchev–Trinajstić information content (AvgIpc) is 3.20. The fourth-order valence-electron chi connectivity index (χ4n) is 2.06. The van der Waals surface area contributed by atoms with E-state index in [9.17, 15) is 13.9 Å². The molecule has 0 fully saturated rings. The number of imidazole rings is 1. The van der Waals surface area contributed by atoms with Crippen LogP contribution in [0.1, 0.15) is 31.8 Å². The molecule has 140 valence electrons. The van der Waals surface area contributed by atoms with Crippen LogP contribution in [-0.2, 0) is 12.1 Å². The molecule has 0 aliphatic heterocycles. The van der Waals surface area contributed by atoms with Gasteiger partial charge in [-0.1, -0.05) is 0 Å². The van der Waals surface area contributed by atoms with E-state index in [1.165, 1.54) is 23.7 Å². The van der Waals surface area contributed by atoms with Crippen LogP contribution in [-0.4, -0.2) is 33.7 Å². The van der Waals surface area contributed by atoms with E-state index in [4.69, 9.17) is 0 Å². The molecule has 0 amide bonds. The summed E-state index contributed by atoms with van der Waals surface area (Å²) in [6, 6.07) is 1.86. The van der Waals surface area contributed by atoms with Crippen molar-refractivity contribution < 1.29 is 13.9 Å². The lowest BCUT2D eigenvalue weighted by molar-refractivity contribution is 0.0621. The molecule has 6 nitrogen and oxygen atoms in total. The van der Waals surface area contributed by atoms with Gasteiger partial charge in [0.2, 0.25) is 0 Å². The van der Waals surface area contributed by atoms with Crippen molar-refractivity contribution >= 4 is 41.3 Å². The number of nitrogens with zero attached hydrogens (tertiary/aromatic N) is 3. The lowest BCUT2D eigenvalue weighted by atomic mass is 9.99. The third-order valence-corrected chi connectivity index (χ3v) is 4.11. The number of aliphatic imine (C=N–C) groups is 1. The number of alkyl halides is 2. The number of hydrogen-bond acceptors (Lipinski definition) is 4. The van der Waals surface area contributed by atoms with Crippen LogP contribution in [0.5, 0.6) is 0 Å². The minimum Gasteiger partial charge on any atom is -0.384 e. The summed E-state index contributed by atoms with van der Waals surface area (Å²) in [5.74, 6) is 0.601. The van der Waals surface area contributed by atoms with Crippen molar-refractivity contribution in [2.75, 3.05) is 13.1 Å². The van der Waals surface area contributed by atoms with Crippen molar-refractivity contribution in [1.82, 2.24) is 20.2 Å². The zero-order valence-electron chi connectivity index (χ0n) is 13.9. The minimum absolute atomic E-state index is 0. The highest BCUT2D eigenvalue weighted by Gasteiger charge is 2.23. The maximum absolute atomic E-state index is 12.8. The van der Waals surface area contributed by atoms with E-state index in [1.54, 1.807) is 6.92 Å². The molecule has 3 N–H and O–H groups in total. The number of guanidine groups is 1. The quantitative estimate of drug-likeness (QED) is 0.321. The fourth-order valence-corrected chi connectivity index (χ4v) is 2.85. The van der Waals surface area contributed by atoms with Gasteiger partial charge in [-0.05, 0) is 36.2 Å². The first kappa shape index (κ1) is 21.8. The molecule has 2 heterocycles. The molecule has 10 heteroatoms. The summed E-state index contributed by atoms with van der Waals surface area (Å²) < 4.78 is 26.4. The SMILES string of the molecule is CCNC(=NCc1nccn1C(F)F)NCC(C)(O)c1ccsc1.I. The molecule has 0 radical (unpaired) electrons. The predicted molar refractivity (Wildman–Crippen MR) is 106 cm³/mol. The predicted octanol–water partition coefficient (Wildman–Crippen LogP) is 2.92. The van der Waals surface area contributed by atoms with E-state index >= 15 is 0 Å². The van der Waals surface area contributed by atoms with Gasteiger partial charge in [0.05, 0.1) is 6.54 Å². The van der Waals surface area contributed by atoms with Crippen LogP contribution in [0.2, 0.25) is 0 Å². The summed E-state index contributed by atoms with van der Waals surface area (Å²) in [6.45, 7) is 1.80. The molecule has 0 aliphatic rings. The molecule has 1 atom stereocenters. The molecule has 2 aromatic heterocycles. The molecule has 0 bridgehead atoms. The fraction of sp³-hybridized carbons (Fsp3) is 0.467. The maximum Gasteiger partial charge on any atom is 0.319 e. The summed E-state index contributed by atoms with van der Waals surface area (Å²) in [6.07, 6.45) is 2.54. The third kappa shape index (κ3) is 6.19. The summed E-state index contributed by atoms with van der Waals surface area (Å²) in [4.78, 5) is 8.14. The van der Waals surface area contributed by atoms with Gasteiger partial charge in [0.25, 0.3) is 0 Å². The first-order valence-electron chi connectivity index (χ1n) is 7.51. The normalized spacial score (nSPS) is 14.1. The van der Waals surface area contributed by atoms with Gasteiger partial charge in [0.1, 0.15) is 18.0 Å². The Balaban J connectivity index is 0.00000312. The van der Waals surface area contributed by atoms with E-state index in [0.717, 1.165) is 10.1 Å². The maximum atomic E-state index is 12.8. The van der Waals surface area contributed by atoms with Crippen molar-refractivity contribution in [2.24, 2.45) is 4.99 Å². The number of thiophene rings is 1. The zero-order valence-corrected chi connectivity index (χ0v) is 17.1. The van der Waals surface area contributed by atoms with Crippen molar-refractivity contribution in [1.29, 1.82) is 0 Å². The van der Waals surface area contributed by atoms with E-state index in [1.807, 2.05) is 23.8 Å². The standard InChI is InChI=1S/C15H21F2N5OS.HI/c1-3-18-14(20-8-12-19-5-6-22(12)13(16)17)21-10-15(2,23)11-4-7-24-9-11;/h4-7,9,13,23H,3,8,10H2,1-2H3,(H2,18,20,21);1H. The van der Waals surface area contributed by atoms with Crippen molar-refractivity contribution in [3.63, 3.8) is 0 Å². The molecule has 2 aromatic rings. The molecule has 0 saturated heterocycles. The highest BCUT2D eigenvalue weighted by molar-refractivity contribution is 14.0. The highest BCUT2D eigenvalue weighted by Crippen LogP contribution is 2.22. The van der Waals surface area contributed by atoms with Gasteiger partial charge in [-0.15, -0.1) is 24.0 Å². The van der Waals surface area contributed by atoms with Crippen LogP contribution in [0.4, 0.5) is 8.78 Å². The lowest BCUT2D eigenvalue weighted by Crippen LogP contribution is -2.44. The molecule has 25 heavy (non-hydrogen) atoms. The number of rotatable bonds is 7. The Kier molecular flexibility index (Phi) is 8.73. The third-order valence-electron chi connectivity index (χ3n) is 3.43. The van der Waals surface area contributed by atoms with Gasteiger partial charge in [0.15, 0.2) is 5.96 Å². The molecule has 0 aromatic carbocycles. The van der Waals surface area contributed by atoms with Gasteiger partial charge < -0.3 is 15.7 Å². The molecule has 0 aliphatic carbocycles. The molecular weight excluding hydrogens is 463 g/mol. The summed E-state index contributed by atoms with van der Waals surface area (Å²) in [7, 11) is 0. The first-order chi connectivity index (χ1) is 11.4. The van der Waals surface area contributed by atoms with Gasteiger partial charge in [-0.25, -0.2) is 9.98 Å². The Hall–Kier alpha value is -1.27.